The van der Waals surface area contributed by atoms with Crippen molar-refractivity contribution in [3.8, 4) is 5.75 Å². The van der Waals surface area contributed by atoms with E-state index < -0.39 is 12.0 Å². The van der Waals surface area contributed by atoms with Crippen molar-refractivity contribution in [2.45, 2.75) is 26.8 Å². The Morgan fingerprint density at radius 1 is 1.25 bits per heavy atom. The summed E-state index contributed by atoms with van der Waals surface area (Å²) in [5, 5.41) is 4.34. The van der Waals surface area contributed by atoms with Crippen LogP contribution in [0.15, 0.2) is 51.5 Å². The Morgan fingerprint density at radius 3 is 2.56 bits per heavy atom. The average Bonchev–Trinajstić information content (AvgIpc) is 3.24. The zero-order valence-electron chi connectivity index (χ0n) is 18.6. The van der Waals surface area contributed by atoms with Gasteiger partial charge in [0.25, 0.3) is 5.56 Å². The van der Waals surface area contributed by atoms with Crippen LogP contribution in [0.3, 0.4) is 0 Å². The lowest BCUT2D eigenvalue weighted by Crippen LogP contribution is -2.39. The SMILES string of the molecule is CCOC(=O)C1=C(C)N=c2sc(=Cc3cn(C)nc3C)c(=O)n2[C@@H]1c1ccc(OC)cc1. The lowest BCUT2D eigenvalue weighted by atomic mass is 9.96. The lowest BCUT2D eigenvalue weighted by molar-refractivity contribution is -0.139. The summed E-state index contributed by atoms with van der Waals surface area (Å²) in [4.78, 5) is 31.5. The van der Waals surface area contributed by atoms with E-state index in [0.29, 0.717) is 26.4 Å². The van der Waals surface area contributed by atoms with Gasteiger partial charge in [-0.05, 0) is 44.5 Å². The minimum absolute atomic E-state index is 0.216. The van der Waals surface area contributed by atoms with Crippen LogP contribution >= 0.6 is 11.3 Å². The monoisotopic (exact) mass is 452 g/mol. The zero-order chi connectivity index (χ0) is 23.0. The van der Waals surface area contributed by atoms with Crippen molar-refractivity contribution < 1.29 is 14.3 Å². The van der Waals surface area contributed by atoms with Crippen LogP contribution in [-0.4, -0.2) is 34.0 Å². The molecule has 0 fully saturated rings. The molecule has 2 aromatic heterocycles. The van der Waals surface area contributed by atoms with Gasteiger partial charge in [0, 0.05) is 18.8 Å². The van der Waals surface area contributed by atoms with Crippen molar-refractivity contribution in [2.75, 3.05) is 13.7 Å². The molecular formula is C23H24N4O4S. The molecule has 4 rings (SSSR count). The van der Waals surface area contributed by atoms with Gasteiger partial charge in [-0.3, -0.25) is 14.0 Å². The summed E-state index contributed by atoms with van der Waals surface area (Å²) in [6, 6.07) is 6.67. The van der Waals surface area contributed by atoms with Crippen LogP contribution in [0.25, 0.3) is 6.08 Å². The van der Waals surface area contributed by atoms with Crippen LogP contribution in [-0.2, 0) is 16.6 Å². The molecule has 0 aliphatic carbocycles. The van der Waals surface area contributed by atoms with Gasteiger partial charge in [-0.15, -0.1) is 0 Å². The maximum absolute atomic E-state index is 13.5. The summed E-state index contributed by atoms with van der Waals surface area (Å²) in [5.74, 6) is 0.207. The first-order valence-electron chi connectivity index (χ1n) is 10.2. The first kappa shape index (κ1) is 21.8. The Balaban J connectivity index is 1.95. The number of hydrogen-bond donors (Lipinski definition) is 0. The van der Waals surface area contributed by atoms with E-state index in [-0.39, 0.29) is 12.2 Å². The highest BCUT2D eigenvalue weighted by molar-refractivity contribution is 7.07. The van der Waals surface area contributed by atoms with Crippen LogP contribution in [0, 0.1) is 6.92 Å². The second kappa shape index (κ2) is 8.58. The molecule has 0 spiro atoms. The van der Waals surface area contributed by atoms with E-state index in [4.69, 9.17) is 9.47 Å². The molecule has 9 heteroatoms. The number of aromatic nitrogens is 3. The number of fused-ring (bicyclic) bond motifs is 1. The number of thiazole rings is 1. The van der Waals surface area contributed by atoms with Crippen LogP contribution in [0.1, 0.15) is 36.7 Å². The van der Waals surface area contributed by atoms with Crippen molar-refractivity contribution in [2.24, 2.45) is 12.0 Å². The van der Waals surface area contributed by atoms with E-state index in [1.54, 1.807) is 30.2 Å². The molecule has 0 saturated carbocycles. The average molecular weight is 453 g/mol. The third-order valence-electron chi connectivity index (χ3n) is 5.29. The fourth-order valence-corrected chi connectivity index (χ4v) is 4.83. The molecule has 1 aliphatic heterocycles. The highest BCUT2D eigenvalue weighted by atomic mass is 32.1. The van der Waals surface area contributed by atoms with E-state index in [9.17, 15) is 9.59 Å². The number of nitrogens with zero attached hydrogens (tertiary/aromatic N) is 4. The number of aryl methyl sites for hydroxylation is 2. The van der Waals surface area contributed by atoms with E-state index in [2.05, 4.69) is 10.1 Å². The smallest absolute Gasteiger partial charge is 0.338 e. The maximum atomic E-state index is 13.5. The number of methoxy groups -OCH3 is 1. The zero-order valence-corrected chi connectivity index (χ0v) is 19.4. The number of allylic oxidation sites excluding steroid dienone is 1. The van der Waals surface area contributed by atoms with E-state index >= 15 is 0 Å². The van der Waals surface area contributed by atoms with Crippen molar-refractivity contribution in [1.82, 2.24) is 14.3 Å². The molecule has 0 amide bonds. The molecule has 3 aromatic rings. The number of benzene rings is 1. The second-order valence-corrected chi connectivity index (χ2v) is 8.43. The van der Waals surface area contributed by atoms with Gasteiger partial charge in [0.15, 0.2) is 4.80 Å². The van der Waals surface area contributed by atoms with Gasteiger partial charge in [0.1, 0.15) is 5.75 Å². The Kier molecular flexibility index (Phi) is 5.84. The summed E-state index contributed by atoms with van der Waals surface area (Å²) >= 11 is 1.29. The first-order chi connectivity index (χ1) is 15.3. The van der Waals surface area contributed by atoms with Crippen LogP contribution < -0.4 is 19.6 Å². The van der Waals surface area contributed by atoms with Crippen molar-refractivity contribution >= 4 is 23.4 Å². The van der Waals surface area contributed by atoms with Gasteiger partial charge in [0.05, 0.1) is 41.3 Å². The normalized spacial score (nSPS) is 16.0. The molecule has 32 heavy (non-hydrogen) atoms. The minimum Gasteiger partial charge on any atom is -0.497 e. The highest BCUT2D eigenvalue weighted by Gasteiger charge is 2.33. The lowest BCUT2D eigenvalue weighted by Gasteiger charge is -2.24. The van der Waals surface area contributed by atoms with Gasteiger partial charge in [-0.2, -0.15) is 5.10 Å². The highest BCUT2D eigenvalue weighted by Crippen LogP contribution is 2.31. The molecule has 0 saturated heterocycles. The van der Waals surface area contributed by atoms with Gasteiger partial charge >= 0.3 is 5.97 Å². The standard InChI is InChI=1S/C23H24N4O4S/c1-6-31-22(29)19-14(3)24-23-27(20(19)15-7-9-17(30-5)10-8-15)21(28)18(32-23)11-16-12-26(4)25-13(16)2/h7-12,20H,6H2,1-5H3/t20-/m1/s1. The Labute approximate surface area is 188 Å². The van der Waals surface area contributed by atoms with Gasteiger partial charge < -0.3 is 9.47 Å². The molecule has 0 radical (unpaired) electrons. The number of carbonyl (C=O) groups is 1. The number of esters is 1. The van der Waals surface area contributed by atoms with Crippen molar-refractivity contribution in [3.63, 3.8) is 0 Å². The molecule has 0 bridgehead atoms. The molecule has 0 unspecified atom stereocenters. The molecule has 3 heterocycles. The van der Waals surface area contributed by atoms with Gasteiger partial charge in [-0.25, -0.2) is 9.79 Å². The van der Waals surface area contributed by atoms with E-state index in [1.807, 2.05) is 50.5 Å². The summed E-state index contributed by atoms with van der Waals surface area (Å²) < 4.78 is 14.4. The first-order valence-corrected chi connectivity index (χ1v) is 11.0. The minimum atomic E-state index is -0.645. The van der Waals surface area contributed by atoms with E-state index in [1.165, 1.54) is 11.3 Å². The summed E-state index contributed by atoms with van der Waals surface area (Å²) in [6.45, 7) is 5.65. The third kappa shape index (κ3) is 3.80. The number of ether oxygens (including phenoxy) is 2. The number of carbonyl (C=O) groups excluding carboxylic acids is 1. The summed E-state index contributed by atoms with van der Waals surface area (Å²) in [5.41, 5.74) is 3.14. The summed E-state index contributed by atoms with van der Waals surface area (Å²) in [6.07, 6.45) is 3.68. The number of hydrogen-bond acceptors (Lipinski definition) is 7. The Morgan fingerprint density at radius 2 is 1.97 bits per heavy atom. The largest absolute Gasteiger partial charge is 0.497 e. The maximum Gasteiger partial charge on any atom is 0.338 e. The molecule has 1 aliphatic rings. The molecule has 1 aromatic carbocycles. The third-order valence-corrected chi connectivity index (χ3v) is 6.27. The predicted octanol–water partition coefficient (Wildman–Crippen LogP) is 1.85. The van der Waals surface area contributed by atoms with Gasteiger partial charge in [0.2, 0.25) is 0 Å². The second-order valence-electron chi connectivity index (χ2n) is 7.42. The Hall–Kier alpha value is -3.46. The fraction of sp³-hybridized carbons (Fsp3) is 0.304. The molecule has 1 atom stereocenters. The molecule has 8 nitrogen and oxygen atoms in total. The quantitative estimate of drug-likeness (QED) is 0.552. The topological polar surface area (TPSA) is 87.7 Å². The Bertz CT molecular complexity index is 1390. The molecule has 0 N–H and O–H groups in total. The molecular weight excluding hydrogens is 428 g/mol. The van der Waals surface area contributed by atoms with Crippen molar-refractivity contribution in [1.29, 1.82) is 0 Å². The fourth-order valence-electron chi connectivity index (χ4n) is 3.79. The van der Waals surface area contributed by atoms with Crippen LogP contribution in [0.2, 0.25) is 0 Å². The summed E-state index contributed by atoms with van der Waals surface area (Å²) in [7, 11) is 3.43. The predicted molar refractivity (Wildman–Crippen MR) is 121 cm³/mol. The van der Waals surface area contributed by atoms with Gasteiger partial charge in [-0.1, -0.05) is 23.5 Å². The van der Waals surface area contributed by atoms with E-state index in [0.717, 1.165) is 16.8 Å². The van der Waals surface area contributed by atoms with Crippen LogP contribution in [0.4, 0.5) is 0 Å². The number of rotatable bonds is 5. The van der Waals surface area contributed by atoms with Crippen molar-refractivity contribution in [3.05, 3.63) is 78.2 Å². The molecule has 166 valence electrons. The van der Waals surface area contributed by atoms with Crippen LogP contribution in [0.5, 0.6) is 5.75 Å².